The van der Waals surface area contributed by atoms with Crippen LogP contribution in [0.1, 0.15) is 35.2 Å². The van der Waals surface area contributed by atoms with Gasteiger partial charge in [0, 0.05) is 25.3 Å². The summed E-state index contributed by atoms with van der Waals surface area (Å²) >= 11 is 0. The summed E-state index contributed by atoms with van der Waals surface area (Å²) in [7, 11) is 6.28. The van der Waals surface area contributed by atoms with Crippen molar-refractivity contribution in [3.63, 3.8) is 0 Å². The molecule has 1 heterocycles. The van der Waals surface area contributed by atoms with Crippen molar-refractivity contribution in [2.24, 2.45) is 0 Å². The summed E-state index contributed by atoms with van der Waals surface area (Å²) in [6, 6.07) is 1.68. The van der Waals surface area contributed by atoms with Crippen molar-refractivity contribution in [1.29, 1.82) is 0 Å². The maximum absolute atomic E-state index is 10.9. The predicted octanol–water partition coefficient (Wildman–Crippen LogP) is 2.01. The Bertz CT molecular complexity index is 510. The molecule has 1 aromatic heterocycles. The first kappa shape index (κ1) is 14.8. The Kier molecular flexibility index (Phi) is 3.99. The van der Waals surface area contributed by atoms with Gasteiger partial charge < -0.3 is 14.9 Å². The van der Waals surface area contributed by atoms with Crippen LogP contribution in [0.25, 0.3) is 0 Å². The lowest BCUT2D eigenvalue weighted by molar-refractivity contribution is 0.0680. The van der Waals surface area contributed by atoms with E-state index in [1.807, 2.05) is 14.0 Å². The van der Waals surface area contributed by atoms with Gasteiger partial charge in [0.05, 0.1) is 5.56 Å². The second-order valence-electron chi connectivity index (χ2n) is 6.00. The van der Waals surface area contributed by atoms with E-state index in [2.05, 4.69) is 28.9 Å². The van der Waals surface area contributed by atoms with Crippen molar-refractivity contribution >= 4 is 11.8 Å². The van der Waals surface area contributed by atoms with Crippen LogP contribution in [0, 0.1) is 6.92 Å². The third-order valence-electron chi connectivity index (χ3n) is 4.42. The molecule has 1 N–H and O–H groups in total. The molecule has 1 aliphatic carbocycles. The maximum atomic E-state index is 10.9. The summed E-state index contributed by atoms with van der Waals surface area (Å²) in [5.41, 5.74) is 1.38. The third-order valence-corrected chi connectivity index (χ3v) is 4.42. The van der Waals surface area contributed by atoms with E-state index in [1.165, 1.54) is 25.5 Å². The predicted molar refractivity (Wildman–Crippen MR) is 79.5 cm³/mol. The molecule has 1 aromatic rings. The first-order valence-electron chi connectivity index (χ1n) is 6.94. The molecular weight excluding hydrogens is 254 g/mol. The standard InChI is InChI=1S/C15H23N3O2/c1-11-8-12(14(19)20)9-16-13(11)18(4)10-15(17(2)3)6-5-7-15/h8-9H,5-7,10H2,1-4H3,(H,19,20). The molecule has 5 nitrogen and oxygen atoms in total. The molecule has 0 unspecified atom stereocenters. The molecule has 0 spiro atoms. The summed E-state index contributed by atoms with van der Waals surface area (Å²) < 4.78 is 0. The van der Waals surface area contributed by atoms with E-state index in [4.69, 9.17) is 5.11 Å². The fourth-order valence-electron chi connectivity index (χ4n) is 2.93. The first-order chi connectivity index (χ1) is 9.35. The second kappa shape index (κ2) is 5.40. The number of carbonyl (C=O) groups is 1. The van der Waals surface area contributed by atoms with Crippen LogP contribution < -0.4 is 4.90 Å². The zero-order valence-electron chi connectivity index (χ0n) is 12.7. The molecule has 0 atom stereocenters. The van der Waals surface area contributed by atoms with Crippen LogP contribution >= 0.6 is 0 Å². The van der Waals surface area contributed by atoms with E-state index in [0.29, 0.717) is 0 Å². The van der Waals surface area contributed by atoms with E-state index in [-0.39, 0.29) is 11.1 Å². The van der Waals surface area contributed by atoms with Crippen LogP contribution in [0.4, 0.5) is 5.82 Å². The number of nitrogens with zero attached hydrogens (tertiary/aromatic N) is 3. The minimum atomic E-state index is -0.932. The zero-order valence-corrected chi connectivity index (χ0v) is 12.7. The van der Waals surface area contributed by atoms with E-state index in [1.54, 1.807) is 6.07 Å². The molecule has 20 heavy (non-hydrogen) atoms. The van der Waals surface area contributed by atoms with Crippen LogP contribution in [-0.2, 0) is 0 Å². The van der Waals surface area contributed by atoms with Crippen molar-refractivity contribution in [3.05, 3.63) is 23.4 Å². The lowest BCUT2D eigenvalue weighted by atomic mass is 9.75. The van der Waals surface area contributed by atoms with Crippen molar-refractivity contribution in [2.75, 3.05) is 32.6 Å². The highest BCUT2D eigenvalue weighted by atomic mass is 16.4. The molecule has 0 saturated heterocycles. The SMILES string of the molecule is Cc1cc(C(=O)O)cnc1N(C)CC1(N(C)C)CCC1. The smallest absolute Gasteiger partial charge is 0.337 e. The van der Waals surface area contributed by atoms with Crippen LogP contribution in [0.2, 0.25) is 0 Å². The first-order valence-corrected chi connectivity index (χ1v) is 6.94. The number of carboxylic acid groups (broad SMARTS) is 1. The number of likely N-dealkylation sites (N-methyl/N-ethyl adjacent to an activating group) is 2. The average Bonchev–Trinajstić information content (AvgIpc) is 2.32. The normalized spacial score (nSPS) is 16.9. The van der Waals surface area contributed by atoms with Crippen molar-refractivity contribution in [3.8, 4) is 0 Å². The molecule has 0 amide bonds. The van der Waals surface area contributed by atoms with Crippen LogP contribution in [0.5, 0.6) is 0 Å². The second-order valence-corrected chi connectivity index (χ2v) is 6.00. The molecule has 5 heteroatoms. The average molecular weight is 277 g/mol. The van der Waals surface area contributed by atoms with Gasteiger partial charge in [-0.05, 0) is 51.9 Å². The minimum absolute atomic E-state index is 0.230. The highest BCUT2D eigenvalue weighted by Gasteiger charge is 2.40. The summed E-state index contributed by atoms with van der Waals surface area (Å²) in [4.78, 5) is 19.7. The molecule has 0 aliphatic heterocycles. The third kappa shape index (κ3) is 2.63. The highest BCUT2D eigenvalue weighted by molar-refractivity contribution is 5.87. The monoisotopic (exact) mass is 277 g/mol. The minimum Gasteiger partial charge on any atom is -0.478 e. The van der Waals surface area contributed by atoms with Gasteiger partial charge in [-0.2, -0.15) is 0 Å². The number of pyridine rings is 1. The van der Waals surface area contributed by atoms with Gasteiger partial charge in [-0.1, -0.05) is 0 Å². The Morgan fingerprint density at radius 2 is 2.05 bits per heavy atom. The molecule has 110 valence electrons. The van der Waals surface area contributed by atoms with Gasteiger partial charge in [-0.15, -0.1) is 0 Å². The number of anilines is 1. The van der Waals surface area contributed by atoms with Gasteiger partial charge in [-0.25, -0.2) is 9.78 Å². The zero-order chi connectivity index (χ0) is 14.9. The van der Waals surface area contributed by atoms with Gasteiger partial charge in [0.2, 0.25) is 0 Å². The van der Waals surface area contributed by atoms with Crippen LogP contribution in [0.15, 0.2) is 12.3 Å². The summed E-state index contributed by atoms with van der Waals surface area (Å²) in [6.07, 6.45) is 5.12. The van der Waals surface area contributed by atoms with Gasteiger partial charge in [0.1, 0.15) is 5.82 Å². The Morgan fingerprint density at radius 1 is 1.40 bits per heavy atom. The molecule has 0 bridgehead atoms. The number of aromatic nitrogens is 1. The van der Waals surface area contributed by atoms with E-state index >= 15 is 0 Å². The summed E-state index contributed by atoms with van der Waals surface area (Å²) in [5.74, 6) is -0.0679. The lowest BCUT2D eigenvalue weighted by Crippen LogP contribution is -2.57. The number of aromatic carboxylic acids is 1. The van der Waals surface area contributed by atoms with Gasteiger partial charge in [0.25, 0.3) is 0 Å². The van der Waals surface area contributed by atoms with E-state index in [9.17, 15) is 4.79 Å². The summed E-state index contributed by atoms with van der Waals surface area (Å²) in [6.45, 7) is 2.83. The van der Waals surface area contributed by atoms with E-state index in [0.717, 1.165) is 17.9 Å². The lowest BCUT2D eigenvalue weighted by Gasteiger charge is -2.49. The molecule has 2 rings (SSSR count). The number of hydrogen-bond donors (Lipinski definition) is 1. The molecule has 0 radical (unpaired) electrons. The van der Waals surface area contributed by atoms with Crippen molar-refractivity contribution < 1.29 is 9.90 Å². The van der Waals surface area contributed by atoms with Crippen molar-refractivity contribution in [1.82, 2.24) is 9.88 Å². The van der Waals surface area contributed by atoms with Gasteiger partial charge in [0.15, 0.2) is 0 Å². The molecule has 1 saturated carbocycles. The Morgan fingerprint density at radius 3 is 2.45 bits per heavy atom. The Balaban J connectivity index is 2.17. The summed E-state index contributed by atoms with van der Waals surface area (Å²) in [5, 5.41) is 8.98. The quantitative estimate of drug-likeness (QED) is 0.892. The van der Waals surface area contributed by atoms with Crippen molar-refractivity contribution in [2.45, 2.75) is 31.7 Å². The largest absolute Gasteiger partial charge is 0.478 e. The topological polar surface area (TPSA) is 56.7 Å². The van der Waals surface area contributed by atoms with Gasteiger partial charge >= 0.3 is 5.97 Å². The van der Waals surface area contributed by atoms with Crippen LogP contribution in [-0.4, -0.2) is 54.2 Å². The molecule has 0 aromatic carbocycles. The Hall–Kier alpha value is -1.62. The Labute approximate surface area is 120 Å². The van der Waals surface area contributed by atoms with Gasteiger partial charge in [-0.3, -0.25) is 0 Å². The fraction of sp³-hybridized carbons (Fsp3) is 0.600. The fourth-order valence-corrected chi connectivity index (χ4v) is 2.93. The van der Waals surface area contributed by atoms with Crippen LogP contribution in [0.3, 0.4) is 0 Å². The highest BCUT2D eigenvalue weighted by Crippen LogP contribution is 2.37. The molecule has 1 fully saturated rings. The number of hydrogen-bond acceptors (Lipinski definition) is 4. The van der Waals surface area contributed by atoms with E-state index < -0.39 is 5.97 Å². The number of rotatable bonds is 5. The number of aryl methyl sites for hydroxylation is 1. The molecule has 1 aliphatic rings. The number of carboxylic acids is 1. The maximum Gasteiger partial charge on any atom is 0.337 e. The molecular formula is C15H23N3O2.